The van der Waals surface area contributed by atoms with Gasteiger partial charge in [-0.3, -0.25) is 9.59 Å². The van der Waals surface area contributed by atoms with Crippen molar-refractivity contribution < 1.29 is 18.7 Å². The van der Waals surface area contributed by atoms with Gasteiger partial charge in [-0.25, -0.2) is 4.39 Å². The highest BCUT2D eigenvalue weighted by Gasteiger charge is 2.10. The van der Waals surface area contributed by atoms with Gasteiger partial charge in [0, 0.05) is 12.1 Å². The number of aryl methyl sites for hydroxylation is 1. The minimum Gasteiger partial charge on any atom is -0.466 e. The maximum absolute atomic E-state index is 12.9. The second kappa shape index (κ2) is 6.74. The second-order valence-electron chi connectivity index (χ2n) is 3.77. The topological polar surface area (TPSA) is 55.4 Å². The molecule has 5 heteroatoms. The Hall–Kier alpha value is -1.91. The van der Waals surface area contributed by atoms with Crippen molar-refractivity contribution in [2.24, 2.45) is 0 Å². The van der Waals surface area contributed by atoms with Crippen LogP contribution in [0.5, 0.6) is 0 Å². The summed E-state index contributed by atoms with van der Waals surface area (Å²) in [5.41, 5.74) is 0.962. The van der Waals surface area contributed by atoms with Crippen LogP contribution in [0.25, 0.3) is 0 Å². The van der Waals surface area contributed by atoms with Gasteiger partial charge in [0.25, 0.3) is 5.91 Å². The third-order valence-corrected chi connectivity index (χ3v) is 2.35. The molecule has 0 unspecified atom stereocenters. The van der Waals surface area contributed by atoms with Crippen molar-refractivity contribution in [1.29, 1.82) is 0 Å². The average Bonchev–Trinajstić information content (AvgIpc) is 2.29. The van der Waals surface area contributed by atoms with Crippen molar-refractivity contribution in [2.45, 2.75) is 20.3 Å². The highest BCUT2D eigenvalue weighted by Crippen LogP contribution is 2.09. The monoisotopic (exact) mass is 253 g/mol. The zero-order valence-electron chi connectivity index (χ0n) is 10.5. The van der Waals surface area contributed by atoms with Crippen LogP contribution in [0.15, 0.2) is 18.2 Å². The van der Waals surface area contributed by atoms with E-state index in [2.05, 4.69) is 5.32 Å². The molecule has 1 rings (SSSR count). The van der Waals surface area contributed by atoms with Crippen LogP contribution in [0, 0.1) is 12.7 Å². The molecule has 0 spiro atoms. The molecule has 0 atom stereocenters. The normalized spacial score (nSPS) is 9.94. The summed E-state index contributed by atoms with van der Waals surface area (Å²) in [4.78, 5) is 22.8. The minimum atomic E-state index is -0.379. The molecule has 1 amide bonds. The smallest absolute Gasteiger partial charge is 0.307 e. The van der Waals surface area contributed by atoms with Crippen LogP contribution < -0.4 is 5.32 Å². The Morgan fingerprint density at radius 1 is 1.39 bits per heavy atom. The van der Waals surface area contributed by atoms with Gasteiger partial charge in [-0.1, -0.05) is 0 Å². The number of esters is 1. The summed E-state index contributed by atoms with van der Waals surface area (Å²) in [7, 11) is 0. The Kier molecular flexibility index (Phi) is 5.30. The quantitative estimate of drug-likeness (QED) is 0.814. The number of carbonyl (C=O) groups is 2. The summed E-state index contributed by atoms with van der Waals surface area (Å²) in [6.45, 7) is 3.90. The number of rotatable bonds is 5. The molecule has 0 aliphatic rings. The molecule has 0 saturated carbocycles. The van der Waals surface area contributed by atoms with Crippen molar-refractivity contribution >= 4 is 11.9 Å². The first-order chi connectivity index (χ1) is 8.54. The summed E-state index contributed by atoms with van der Waals surface area (Å²) in [5, 5.41) is 2.59. The fraction of sp³-hybridized carbons (Fsp3) is 0.385. The van der Waals surface area contributed by atoms with Gasteiger partial charge in [-0.15, -0.1) is 0 Å². The van der Waals surface area contributed by atoms with Gasteiger partial charge < -0.3 is 10.1 Å². The van der Waals surface area contributed by atoms with E-state index in [0.29, 0.717) is 17.7 Å². The van der Waals surface area contributed by atoms with Crippen molar-refractivity contribution in [1.82, 2.24) is 5.32 Å². The van der Waals surface area contributed by atoms with E-state index in [4.69, 9.17) is 4.74 Å². The Bertz CT molecular complexity index is 446. The van der Waals surface area contributed by atoms with E-state index in [-0.39, 0.29) is 30.7 Å². The van der Waals surface area contributed by atoms with Crippen LogP contribution in [0.3, 0.4) is 0 Å². The van der Waals surface area contributed by atoms with Crippen LogP contribution in [-0.2, 0) is 9.53 Å². The number of ether oxygens (including phenoxy) is 1. The number of hydrogen-bond acceptors (Lipinski definition) is 3. The van der Waals surface area contributed by atoms with Gasteiger partial charge in [-0.2, -0.15) is 0 Å². The van der Waals surface area contributed by atoms with Crippen LogP contribution >= 0.6 is 0 Å². The predicted molar refractivity (Wildman–Crippen MR) is 64.7 cm³/mol. The second-order valence-corrected chi connectivity index (χ2v) is 3.77. The summed E-state index contributed by atoms with van der Waals surface area (Å²) in [6, 6.07) is 3.94. The molecular weight excluding hydrogens is 237 g/mol. The maximum atomic E-state index is 12.9. The van der Waals surface area contributed by atoms with E-state index in [1.165, 1.54) is 18.2 Å². The molecule has 1 aromatic rings. The van der Waals surface area contributed by atoms with E-state index in [1.807, 2.05) is 0 Å². The zero-order valence-corrected chi connectivity index (χ0v) is 10.5. The largest absolute Gasteiger partial charge is 0.466 e. The van der Waals surface area contributed by atoms with Gasteiger partial charge in [0.15, 0.2) is 0 Å². The molecule has 0 fully saturated rings. The molecule has 0 bridgehead atoms. The number of carbonyl (C=O) groups excluding carboxylic acids is 2. The highest BCUT2D eigenvalue weighted by atomic mass is 19.1. The van der Waals surface area contributed by atoms with E-state index in [9.17, 15) is 14.0 Å². The number of amides is 1. The fourth-order valence-corrected chi connectivity index (χ4v) is 1.49. The average molecular weight is 253 g/mol. The molecule has 0 saturated heterocycles. The molecule has 98 valence electrons. The summed E-state index contributed by atoms with van der Waals surface area (Å²) in [5.74, 6) is -1.05. The first-order valence-electron chi connectivity index (χ1n) is 5.74. The summed E-state index contributed by atoms with van der Waals surface area (Å²) >= 11 is 0. The third-order valence-electron chi connectivity index (χ3n) is 2.35. The molecule has 0 radical (unpaired) electrons. The minimum absolute atomic E-state index is 0.125. The van der Waals surface area contributed by atoms with Crippen molar-refractivity contribution in [3.8, 4) is 0 Å². The molecule has 1 aromatic carbocycles. The number of nitrogens with one attached hydrogen (secondary N) is 1. The van der Waals surface area contributed by atoms with Crippen LogP contribution in [-0.4, -0.2) is 25.0 Å². The number of halogens is 1. The molecule has 0 heterocycles. The van der Waals surface area contributed by atoms with Crippen LogP contribution in [0.4, 0.5) is 4.39 Å². The van der Waals surface area contributed by atoms with E-state index >= 15 is 0 Å². The molecule has 18 heavy (non-hydrogen) atoms. The van der Waals surface area contributed by atoms with E-state index in [1.54, 1.807) is 13.8 Å². The molecule has 0 aromatic heterocycles. The Morgan fingerprint density at radius 2 is 2.11 bits per heavy atom. The zero-order chi connectivity index (χ0) is 13.5. The first kappa shape index (κ1) is 14.2. The Balaban J connectivity index is 2.48. The fourth-order valence-electron chi connectivity index (χ4n) is 1.49. The lowest BCUT2D eigenvalue weighted by atomic mass is 10.1. The lowest BCUT2D eigenvalue weighted by Crippen LogP contribution is -2.27. The molecule has 1 N–H and O–H groups in total. The lowest BCUT2D eigenvalue weighted by molar-refractivity contribution is -0.142. The maximum Gasteiger partial charge on any atom is 0.307 e. The summed E-state index contributed by atoms with van der Waals surface area (Å²) in [6.07, 6.45) is 0.125. The summed E-state index contributed by atoms with van der Waals surface area (Å²) < 4.78 is 17.6. The van der Waals surface area contributed by atoms with Gasteiger partial charge >= 0.3 is 5.97 Å². The molecular formula is C13H16FNO3. The Labute approximate surface area is 105 Å². The van der Waals surface area contributed by atoms with Crippen molar-refractivity contribution in [2.75, 3.05) is 13.2 Å². The Morgan fingerprint density at radius 3 is 2.72 bits per heavy atom. The van der Waals surface area contributed by atoms with Gasteiger partial charge in [0.2, 0.25) is 0 Å². The van der Waals surface area contributed by atoms with Gasteiger partial charge in [0.05, 0.1) is 13.0 Å². The van der Waals surface area contributed by atoms with E-state index < -0.39 is 0 Å². The van der Waals surface area contributed by atoms with E-state index in [0.717, 1.165) is 0 Å². The molecule has 0 aliphatic carbocycles. The van der Waals surface area contributed by atoms with Crippen LogP contribution in [0.1, 0.15) is 29.3 Å². The predicted octanol–water partition coefficient (Wildman–Crippen LogP) is 1.82. The molecule has 4 nitrogen and oxygen atoms in total. The third kappa shape index (κ3) is 4.16. The SMILES string of the molecule is CCOC(=O)CCNC(=O)c1ccc(F)cc1C. The van der Waals surface area contributed by atoms with Gasteiger partial charge in [0.1, 0.15) is 5.82 Å². The first-order valence-corrected chi connectivity index (χ1v) is 5.74. The number of benzene rings is 1. The highest BCUT2D eigenvalue weighted by molar-refractivity contribution is 5.95. The van der Waals surface area contributed by atoms with Crippen molar-refractivity contribution in [3.63, 3.8) is 0 Å². The standard InChI is InChI=1S/C13H16FNO3/c1-3-18-12(16)6-7-15-13(17)11-5-4-10(14)8-9(11)2/h4-5,8H,3,6-7H2,1-2H3,(H,15,17). The number of hydrogen-bond donors (Lipinski definition) is 1. The lowest BCUT2D eigenvalue weighted by Gasteiger charge is -2.07. The van der Waals surface area contributed by atoms with Crippen LogP contribution in [0.2, 0.25) is 0 Å². The van der Waals surface area contributed by atoms with Gasteiger partial charge in [-0.05, 0) is 37.6 Å². The van der Waals surface area contributed by atoms with Crippen molar-refractivity contribution in [3.05, 3.63) is 35.1 Å². The molecule has 0 aliphatic heterocycles.